The Morgan fingerprint density at radius 1 is 1.15 bits per heavy atom. The second-order valence-corrected chi connectivity index (χ2v) is 5.88. The first-order chi connectivity index (χ1) is 12.1. The highest BCUT2D eigenvalue weighted by atomic mass is 19.4. The molecule has 1 saturated carbocycles. The summed E-state index contributed by atoms with van der Waals surface area (Å²) in [5, 5.41) is 0. The number of nitrogens with zero attached hydrogens (tertiary/aromatic N) is 1. The number of ether oxygens (including phenoxy) is 1. The van der Waals surface area contributed by atoms with Gasteiger partial charge in [-0.2, -0.15) is 13.2 Å². The summed E-state index contributed by atoms with van der Waals surface area (Å²) in [4.78, 5) is 26.8. The number of nitrogens with two attached hydrogens (primary N) is 1. The number of rotatable bonds is 4. The maximum absolute atomic E-state index is 12.9. The zero-order chi connectivity index (χ0) is 19.1. The van der Waals surface area contributed by atoms with Crippen LogP contribution in [0.3, 0.4) is 0 Å². The van der Waals surface area contributed by atoms with Crippen molar-refractivity contribution in [2.45, 2.75) is 24.1 Å². The molecule has 26 heavy (non-hydrogen) atoms. The molecular weight excluding hydrogens is 356 g/mol. The second kappa shape index (κ2) is 6.08. The number of carbonyl (C=O) groups is 2. The Kier molecular flexibility index (Phi) is 4.17. The van der Waals surface area contributed by atoms with E-state index in [2.05, 4.69) is 9.72 Å². The van der Waals surface area contributed by atoms with Crippen molar-refractivity contribution < 1.29 is 31.9 Å². The SMILES string of the molecule is NC(=O)C1(OC(=O)C(F)(F)F)CC1c1ccc(-c2ccc(F)cc2)nc1. The molecule has 1 aromatic heterocycles. The number of alkyl halides is 3. The zero-order valence-corrected chi connectivity index (χ0v) is 13.1. The van der Waals surface area contributed by atoms with Crippen LogP contribution in [0.25, 0.3) is 11.3 Å². The summed E-state index contributed by atoms with van der Waals surface area (Å²) in [6, 6.07) is 8.68. The van der Waals surface area contributed by atoms with Crippen LogP contribution >= 0.6 is 0 Å². The summed E-state index contributed by atoms with van der Waals surface area (Å²) in [6.45, 7) is 0. The Labute approximate surface area is 144 Å². The number of amides is 1. The molecule has 1 aromatic carbocycles. The van der Waals surface area contributed by atoms with Crippen molar-refractivity contribution in [3.8, 4) is 11.3 Å². The summed E-state index contributed by atoms with van der Waals surface area (Å²) >= 11 is 0. The summed E-state index contributed by atoms with van der Waals surface area (Å²) in [5.74, 6) is -4.82. The molecule has 0 bridgehead atoms. The number of benzene rings is 1. The molecule has 5 nitrogen and oxygen atoms in total. The van der Waals surface area contributed by atoms with E-state index in [-0.39, 0.29) is 6.42 Å². The van der Waals surface area contributed by atoms with Gasteiger partial charge in [0.05, 0.1) is 5.69 Å². The van der Waals surface area contributed by atoms with Crippen LogP contribution in [0.4, 0.5) is 17.6 Å². The van der Waals surface area contributed by atoms with Crippen LogP contribution in [0.15, 0.2) is 42.6 Å². The third kappa shape index (κ3) is 3.24. The van der Waals surface area contributed by atoms with Crippen molar-refractivity contribution in [2.75, 3.05) is 0 Å². The van der Waals surface area contributed by atoms with Crippen LogP contribution in [-0.4, -0.2) is 28.6 Å². The van der Waals surface area contributed by atoms with E-state index >= 15 is 0 Å². The molecule has 1 heterocycles. The Morgan fingerprint density at radius 2 is 1.81 bits per heavy atom. The molecule has 2 atom stereocenters. The summed E-state index contributed by atoms with van der Waals surface area (Å²) < 4.78 is 54.5. The number of hydrogen-bond acceptors (Lipinski definition) is 4. The molecule has 1 amide bonds. The average molecular weight is 368 g/mol. The molecule has 3 rings (SSSR count). The van der Waals surface area contributed by atoms with Gasteiger partial charge in [-0.1, -0.05) is 6.07 Å². The molecule has 0 aliphatic heterocycles. The minimum atomic E-state index is -5.22. The summed E-state index contributed by atoms with van der Waals surface area (Å²) in [6.07, 6.45) is -4.02. The quantitative estimate of drug-likeness (QED) is 0.665. The highest BCUT2D eigenvalue weighted by molar-refractivity contribution is 5.92. The monoisotopic (exact) mass is 368 g/mol. The standard InChI is InChI=1S/C17H12F4N2O3/c18-11-4-1-9(2-5-11)13-6-3-10(8-23-13)12-7-16(12,14(22)24)26-15(25)17(19,20)21/h1-6,8,12H,7H2,(H2,22,24). The van der Waals surface area contributed by atoms with Crippen LogP contribution in [0, 0.1) is 5.82 Å². The van der Waals surface area contributed by atoms with Crippen molar-refractivity contribution in [3.63, 3.8) is 0 Å². The minimum Gasteiger partial charge on any atom is -0.442 e. The van der Waals surface area contributed by atoms with Crippen molar-refractivity contribution in [3.05, 3.63) is 54.0 Å². The molecule has 9 heteroatoms. The molecular formula is C17H12F4N2O3. The number of carbonyl (C=O) groups excluding carboxylic acids is 2. The molecule has 1 aliphatic carbocycles. The lowest BCUT2D eigenvalue weighted by molar-refractivity contribution is -0.207. The van der Waals surface area contributed by atoms with Gasteiger partial charge in [0.15, 0.2) is 5.60 Å². The number of aromatic nitrogens is 1. The van der Waals surface area contributed by atoms with E-state index in [1.54, 1.807) is 12.1 Å². The van der Waals surface area contributed by atoms with E-state index in [9.17, 15) is 27.2 Å². The molecule has 136 valence electrons. The van der Waals surface area contributed by atoms with Gasteiger partial charge in [-0.25, -0.2) is 9.18 Å². The largest absolute Gasteiger partial charge is 0.490 e. The van der Waals surface area contributed by atoms with E-state index in [1.165, 1.54) is 30.5 Å². The third-order valence-corrected chi connectivity index (χ3v) is 4.16. The normalized spacial score (nSPS) is 21.9. The predicted molar refractivity (Wildman–Crippen MR) is 81.1 cm³/mol. The fourth-order valence-corrected chi connectivity index (χ4v) is 2.69. The van der Waals surface area contributed by atoms with Gasteiger partial charge in [-0.3, -0.25) is 9.78 Å². The maximum atomic E-state index is 12.9. The van der Waals surface area contributed by atoms with E-state index in [0.717, 1.165) is 0 Å². The Bertz CT molecular complexity index is 850. The molecule has 0 radical (unpaired) electrons. The lowest BCUT2D eigenvalue weighted by atomic mass is 10.1. The predicted octanol–water partition coefficient (Wildman–Crippen LogP) is 2.70. The van der Waals surface area contributed by atoms with E-state index in [1.807, 2.05) is 0 Å². The highest BCUT2D eigenvalue weighted by Gasteiger charge is 2.65. The molecule has 2 aromatic rings. The average Bonchev–Trinajstić information content (AvgIpc) is 3.30. The van der Waals surface area contributed by atoms with Crippen molar-refractivity contribution in [1.82, 2.24) is 4.98 Å². The number of halogens is 4. The van der Waals surface area contributed by atoms with Gasteiger partial charge in [0.25, 0.3) is 5.91 Å². The smallest absolute Gasteiger partial charge is 0.442 e. The van der Waals surface area contributed by atoms with Crippen LogP contribution in [0.1, 0.15) is 17.9 Å². The second-order valence-electron chi connectivity index (χ2n) is 5.88. The summed E-state index contributed by atoms with van der Waals surface area (Å²) in [5.41, 5.74) is 4.68. The fourth-order valence-electron chi connectivity index (χ4n) is 2.69. The van der Waals surface area contributed by atoms with Crippen LogP contribution in [0.2, 0.25) is 0 Å². The number of primary amides is 1. The van der Waals surface area contributed by atoms with Gasteiger partial charge >= 0.3 is 12.1 Å². The number of pyridine rings is 1. The van der Waals surface area contributed by atoms with Gasteiger partial charge in [-0.05, 0) is 35.9 Å². The maximum Gasteiger partial charge on any atom is 0.490 e. The van der Waals surface area contributed by atoms with Gasteiger partial charge in [0.1, 0.15) is 5.82 Å². The van der Waals surface area contributed by atoms with Crippen molar-refractivity contribution >= 4 is 11.9 Å². The Balaban J connectivity index is 1.80. The fraction of sp³-hybridized carbons (Fsp3) is 0.235. The van der Waals surface area contributed by atoms with Gasteiger partial charge in [0.2, 0.25) is 0 Å². The van der Waals surface area contributed by atoms with Crippen molar-refractivity contribution in [1.29, 1.82) is 0 Å². The first-order valence-corrected chi connectivity index (χ1v) is 7.45. The van der Waals surface area contributed by atoms with E-state index < -0.39 is 35.4 Å². The Hall–Kier alpha value is -2.97. The zero-order valence-electron chi connectivity index (χ0n) is 13.1. The molecule has 0 spiro atoms. The number of hydrogen-bond donors (Lipinski definition) is 1. The van der Waals surface area contributed by atoms with Gasteiger partial charge in [-0.15, -0.1) is 0 Å². The van der Waals surface area contributed by atoms with Crippen LogP contribution < -0.4 is 5.73 Å². The van der Waals surface area contributed by atoms with Crippen molar-refractivity contribution in [2.24, 2.45) is 5.73 Å². The van der Waals surface area contributed by atoms with Crippen LogP contribution in [-0.2, 0) is 14.3 Å². The first kappa shape index (κ1) is 17.8. The third-order valence-electron chi connectivity index (χ3n) is 4.16. The molecule has 1 fully saturated rings. The molecule has 0 saturated heterocycles. The molecule has 2 N–H and O–H groups in total. The number of esters is 1. The molecule has 1 aliphatic rings. The minimum absolute atomic E-state index is 0.151. The lowest BCUT2D eigenvalue weighted by Crippen LogP contribution is -2.40. The first-order valence-electron chi connectivity index (χ1n) is 7.45. The van der Waals surface area contributed by atoms with Crippen LogP contribution in [0.5, 0.6) is 0 Å². The molecule has 2 unspecified atom stereocenters. The summed E-state index contributed by atoms with van der Waals surface area (Å²) in [7, 11) is 0. The van der Waals surface area contributed by atoms with Gasteiger partial charge < -0.3 is 10.5 Å². The van der Waals surface area contributed by atoms with E-state index in [0.29, 0.717) is 16.8 Å². The lowest BCUT2D eigenvalue weighted by Gasteiger charge is -2.16. The Morgan fingerprint density at radius 3 is 2.31 bits per heavy atom. The highest BCUT2D eigenvalue weighted by Crippen LogP contribution is 2.54. The van der Waals surface area contributed by atoms with E-state index in [4.69, 9.17) is 5.73 Å². The topological polar surface area (TPSA) is 82.3 Å². The van der Waals surface area contributed by atoms with Gasteiger partial charge in [0, 0.05) is 24.1 Å².